The van der Waals surface area contributed by atoms with Crippen LogP contribution in [0.25, 0.3) is 23.0 Å². The molecule has 39 heavy (non-hydrogen) atoms. The Balaban J connectivity index is 1.44. The quantitative estimate of drug-likeness (QED) is 0.107. The molecule has 0 atom stereocenters. The summed E-state index contributed by atoms with van der Waals surface area (Å²) in [7, 11) is 0. The van der Waals surface area contributed by atoms with Crippen LogP contribution in [0.15, 0.2) is 96.0 Å². The predicted octanol–water partition coefficient (Wildman–Crippen LogP) is 7.90. The van der Waals surface area contributed by atoms with E-state index in [9.17, 15) is 4.79 Å². The van der Waals surface area contributed by atoms with Crippen LogP contribution in [0.3, 0.4) is 0 Å². The highest BCUT2D eigenvalue weighted by molar-refractivity contribution is 8.26. The van der Waals surface area contributed by atoms with E-state index < -0.39 is 0 Å². The number of nitrogens with zero attached hydrogens (tertiary/aromatic N) is 3. The fraction of sp³-hybridized carbons (Fsp3) is 0.219. The van der Waals surface area contributed by atoms with E-state index in [-0.39, 0.29) is 5.91 Å². The molecular formula is C32H31N3O2S2. The van der Waals surface area contributed by atoms with Crippen LogP contribution in [0.1, 0.15) is 43.7 Å². The van der Waals surface area contributed by atoms with Crippen LogP contribution in [-0.2, 0) is 11.4 Å². The SMILES string of the molecule is CCCCCCN1C(=O)/C(=C/c2cn(-c3ccccc3)nc2-c2cccc(OCc3ccccc3)c2)SC1=S. The Hall–Kier alpha value is -3.68. The first-order valence-corrected chi connectivity index (χ1v) is 14.5. The number of rotatable bonds is 11. The minimum atomic E-state index is -0.0279. The van der Waals surface area contributed by atoms with Crippen molar-refractivity contribution in [2.45, 2.75) is 39.2 Å². The summed E-state index contributed by atoms with van der Waals surface area (Å²) in [6.07, 6.45) is 8.27. The summed E-state index contributed by atoms with van der Waals surface area (Å²) in [5, 5.41) is 4.93. The molecule has 1 aromatic heterocycles. The zero-order valence-electron chi connectivity index (χ0n) is 22.0. The van der Waals surface area contributed by atoms with E-state index in [1.165, 1.54) is 18.2 Å². The second kappa shape index (κ2) is 12.9. The number of aromatic nitrogens is 2. The minimum Gasteiger partial charge on any atom is -0.489 e. The van der Waals surface area contributed by atoms with Gasteiger partial charge in [0.25, 0.3) is 5.91 Å². The highest BCUT2D eigenvalue weighted by atomic mass is 32.2. The predicted molar refractivity (Wildman–Crippen MR) is 164 cm³/mol. The van der Waals surface area contributed by atoms with Crippen LogP contribution in [0.2, 0.25) is 0 Å². The molecule has 0 N–H and O–H groups in total. The summed E-state index contributed by atoms with van der Waals surface area (Å²) >= 11 is 6.94. The van der Waals surface area contributed by atoms with Crippen molar-refractivity contribution >= 4 is 40.3 Å². The first-order valence-electron chi connectivity index (χ1n) is 13.3. The Bertz CT molecular complexity index is 1470. The number of hydrogen-bond acceptors (Lipinski definition) is 5. The van der Waals surface area contributed by atoms with E-state index >= 15 is 0 Å². The molecule has 1 saturated heterocycles. The molecule has 5 nitrogen and oxygen atoms in total. The van der Waals surface area contributed by atoms with Gasteiger partial charge in [-0.25, -0.2) is 4.68 Å². The fourth-order valence-corrected chi connectivity index (χ4v) is 5.73. The number of benzene rings is 3. The molecule has 0 spiro atoms. The standard InChI is InChI=1S/C32H31N3O2S2/c1-2-3-4-11-19-34-31(36)29(39-32(34)38)21-26-22-35(27-16-9-6-10-17-27)33-30(26)25-15-12-18-28(20-25)37-23-24-13-7-5-8-14-24/h5-10,12-18,20-22H,2-4,11,19,23H2,1H3/b29-21-. The molecule has 1 aliphatic heterocycles. The molecule has 1 aliphatic rings. The van der Waals surface area contributed by atoms with Crippen molar-refractivity contribution in [1.29, 1.82) is 0 Å². The smallest absolute Gasteiger partial charge is 0.266 e. The van der Waals surface area contributed by atoms with E-state index in [0.29, 0.717) is 22.4 Å². The molecule has 5 rings (SSSR count). The number of amides is 1. The number of para-hydroxylation sites is 1. The van der Waals surface area contributed by atoms with Crippen molar-refractivity contribution < 1.29 is 9.53 Å². The lowest BCUT2D eigenvalue weighted by Gasteiger charge is -2.13. The maximum Gasteiger partial charge on any atom is 0.266 e. The highest BCUT2D eigenvalue weighted by Gasteiger charge is 2.32. The fourth-order valence-electron chi connectivity index (χ4n) is 4.44. The van der Waals surface area contributed by atoms with Crippen molar-refractivity contribution in [2.75, 3.05) is 6.54 Å². The molecule has 0 aliphatic carbocycles. The molecule has 1 fully saturated rings. The van der Waals surface area contributed by atoms with Crippen LogP contribution in [0.5, 0.6) is 5.75 Å². The van der Waals surface area contributed by atoms with E-state index in [4.69, 9.17) is 22.1 Å². The molecule has 0 radical (unpaired) electrons. The molecule has 4 aromatic rings. The van der Waals surface area contributed by atoms with E-state index in [1.807, 2.05) is 102 Å². The third-order valence-electron chi connectivity index (χ3n) is 6.51. The lowest BCUT2D eigenvalue weighted by Crippen LogP contribution is -2.29. The molecule has 1 amide bonds. The van der Waals surface area contributed by atoms with Crippen molar-refractivity contribution in [2.24, 2.45) is 0 Å². The maximum absolute atomic E-state index is 13.3. The molecular weight excluding hydrogens is 523 g/mol. The summed E-state index contributed by atoms with van der Waals surface area (Å²) < 4.78 is 8.56. The summed E-state index contributed by atoms with van der Waals surface area (Å²) in [6, 6.07) is 28.0. The number of thiocarbonyl (C=S) groups is 1. The number of ether oxygens (including phenoxy) is 1. The van der Waals surface area contributed by atoms with Gasteiger partial charge >= 0.3 is 0 Å². The Morgan fingerprint density at radius 3 is 2.49 bits per heavy atom. The van der Waals surface area contributed by atoms with Gasteiger partial charge in [0.1, 0.15) is 22.4 Å². The van der Waals surface area contributed by atoms with Crippen LogP contribution in [0, 0.1) is 0 Å². The van der Waals surface area contributed by atoms with Gasteiger partial charge in [-0.3, -0.25) is 9.69 Å². The lowest BCUT2D eigenvalue weighted by atomic mass is 10.1. The number of carbonyl (C=O) groups is 1. The van der Waals surface area contributed by atoms with Crippen LogP contribution in [0.4, 0.5) is 0 Å². The maximum atomic E-state index is 13.3. The van der Waals surface area contributed by atoms with Crippen LogP contribution >= 0.6 is 24.0 Å². The van der Waals surface area contributed by atoms with Crippen molar-refractivity contribution in [3.8, 4) is 22.7 Å². The Morgan fingerprint density at radius 1 is 0.949 bits per heavy atom. The summed E-state index contributed by atoms with van der Waals surface area (Å²) in [6.45, 7) is 3.33. The van der Waals surface area contributed by atoms with Crippen LogP contribution in [-0.4, -0.2) is 31.5 Å². The van der Waals surface area contributed by atoms with E-state index in [2.05, 4.69) is 6.92 Å². The third-order valence-corrected chi connectivity index (χ3v) is 7.89. The lowest BCUT2D eigenvalue weighted by molar-refractivity contribution is -0.122. The van der Waals surface area contributed by atoms with E-state index in [0.717, 1.165) is 53.1 Å². The van der Waals surface area contributed by atoms with Gasteiger partial charge in [-0.15, -0.1) is 0 Å². The first-order chi connectivity index (χ1) is 19.1. The van der Waals surface area contributed by atoms with Gasteiger partial charge in [-0.2, -0.15) is 5.10 Å². The average Bonchev–Trinajstić information content (AvgIpc) is 3.51. The molecule has 0 unspecified atom stereocenters. The van der Waals surface area contributed by atoms with Gasteiger partial charge < -0.3 is 4.74 Å². The van der Waals surface area contributed by atoms with Gasteiger partial charge in [0.2, 0.25) is 0 Å². The van der Waals surface area contributed by atoms with Gasteiger partial charge in [-0.1, -0.05) is 111 Å². The summed E-state index contributed by atoms with van der Waals surface area (Å²) in [5.74, 6) is 0.731. The molecule has 198 valence electrons. The zero-order chi connectivity index (χ0) is 27.0. The monoisotopic (exact) mass is 553 g/mol. The second-order valence-corrected chi connectivity index (χ2v) is 11.1. The minimum absolute atomic E-state index is 0.0279. The largest absolute Gasteiger partial charge is 0.489 e. The van der Waals surface area contributed by atoms with E-state index in [1.54, 1.807) is 4.90 Å². The van der Waals surface area contributed by atoms with Gasteiger partial charge in [0.05, 0.1) is 10.6 Å². The third kappa shape index (κ3) is 6.67. The average molecular weight is 554 g/mol. The first kappa shape index (κ1) is 26.9. The van der Waals surface area contributed by atoms with Gasteiger partial charge in [0.15, 0.2) is 0 Å². The topological polar surface area (TPSA) is 47.4 Å². The number of hydrogen-bond donors (Lipinski definition) is 0. The Morgan fingerprint density at radius 2 is 1.72 bits per heavy atom. The highest BCUT2D eigenvalue weighted by Crippen LogP contribution is 2.35. The number of carbonyl (C=O) groups excluding carboxylic acids is 1. The van der Waals surface area contributed by atoms with Crippen LogP contribution < -0.4 is 4.74 Å². The van der Waals surface area contributed by atoms with Gasteiger partial charge in [0, 0.05) is 23.9 Å². The molecule has 7 heteroatoms. The van der Waals surface area contributed by atoms with Crippen molar-refractivity contribution in [1.82, 2.24) is 14.7 Å². The van der Waals surface area contributed by atoms with Gasteiger partial charge in [-0.05, 0) is 42.3 Å². The molecule has 3 aromatic carbocycles. The Labute approximate surface area is 239 Å². The molecule has 0 bridgehead atoms. The zero-order valence-corrected chi connectivity index (χ0v) is 23.6. The number of thioether (sulfide) groups is 1. The normalized spacial score (nSPS) is 14.4. The number of unbranched alkanes of at least 4 members (excludes halogenated alkanes) is 3. The van der Waals surface area contributed by atoms with Crippen molar-refractivity contribution in [3.63, 3.8) is 0 Å². The molecule has 2 heterocycles. The second-order valence-electron chi connectivity index (χ2n) is 9.41. The summed E-state index contributed by atoms with van der Waals surface area (Å²) in [5.41, 5.74) is 4.59. The Kier molecular flexibility index (Phi) is 8.91. The summed E-state index contributed by atoms with van der Waals surface area (Å²) in [4.78, 5) is 15.6. The van der Waals surface area contributed by atoms with Crippen molar-refractivity contribution in [3.05, 3.63) is 107 Å². The molecule has 0 saturated carbocycles.